The number of carbonyl (C=O) groups excluding carboxylic acids is 1. The molecule has 0 aliphatic carbocycles. The van der Waals surface area contributed by atoms with Crippen LogP contribution >= 0.6 is 0 Å². The number of carbonyl (C=O) groups is 1. The topological polar surface area (TPSA) is 32.8 Å². The molecular weight excluding hydrogens is 307 g/mol. The second-order valence-corrected chi connectivity index (χ2v) is 7.54. The average molecular weight is 334 g/mol. The van der Waals surface area contributed by atoms with Crippen LogP contribution < -0.4 is 0 Å². The van der Waals surface area contributed by atoms with Crippen molar-refractivity contribution in [2.75, 3.05) is 39.4 Å². The van der Waals surface area contributed by atoms with Crippen molar-refractivity contribution in [3.05, 3.63) is 35.6 Å². The van der Waals surface area contributed by atoms with Crippen LogP contribution in [0.25, 0.3) is 0 Å². The van der Waals surface area contributed by atoms with Crippen molar-refractivity contribution in [2.45, 2.75) is 32.2 Å². The van der Waals surface area contributed by atoms with Crippen molar-refractivity contribution < 1.29 is 13.9 Å². The van der Waals surface area contributed by atoms with Crippen LogP contribution in [0.15, 0.2) is 24.3 Å². The van der Waals surface area contributed by atoms with Crippen LogP contribution in [0.1, 0.15) is 26.3 Å². The van der Waals surface area contributed by atoms with Gasteiger partial charge in [0.1, 0.15) is 5.82 Å². The van der Waals surface area contributed by atoms with Gasteiger partial charge in [-0.05, 0) is 37.5 Å². The molecule has 0 bridgehead atoms. The van der Waals surface area contributed by atoms with Crippen LogP contribution in [-0.2, 0) is 14.9 Å². The molecule has 5 heteroatoms. The number of morpholine rings is 1. The zero-order valence-electron chi connectivity index (χ0n) is 14.8. The Morgan fingerprint density at radius 1 is 1.17 bits per heavy atom. The molecule has 0 N–H and O–H groups in total. The first-order valence-corrected chi connectivity index (χ1v) is 8.77. The predicted molar refractivity (Wildman–Crippen MR) is 91.4 cm³/mol. The van der Waals surface area contributed by atoms with Gasteiger partial charge in [0.05, 0.1) is 18.6 Å². The highest BCUT2D eigenvalue weighted by Gasteiger charge is 2.41. The van der Waals surface area contributed by atoms with E-state index in [1.54, 1.807) is 12.1 Å². The van der Waals surface area contributed by atoms with Gasteiger partial charge in [-0.1, -0.05) is 19.1 Å². The van der Waals surface area contributed by atoms with Crippen LogP contribution in [0, 0.1) is 11.7 Å². The first kappa shape index (κ1) is 17.4. The molecule has 0 unspecified atom stereocenters. The molecule has 24 heavy (non-hydrogen) atoms. The molecular formula is C19H27FN2O2. The van der Waals surface area contributed by atoms with Crippen LogP contribution in [0.3, 0.4) is 0 Å². The van der Waals surface area contributed by atoms with Crippen LogP contribution in [0.5, 0.6) is 0 Å². The summed E-state index contributed by atoms with van der Waals surface area (Å²) in [5.41, 5.74) is 0.212. The summed E-state index contributed by atoms with van der Waals surface area (Å²) in [7, 11) is 0. The second kappa shape index (κ2) is 6.81. The van der Waals surface area contributed by atoms with Crippen LogP contribution in [0.4, 0.5) is 4.39 Å². The van der Waals surface area contributed by atoms with Gasteiger partial charge in [-0.2, -0.15) is 0 Å². The molecule has 2 aliphatic rings. The molecule has 0 saturated carbocycles. The largest absolute Gasteiger partial charge is 0.379 e. The third-order valence-electron chi connectivity index (χ3n) is 5.48. The minimum atomic E-state index is -0.646. The maximum absolute atomic E-state index is 13.2. The number of ether oxygens (including phenoxy) is 1. The molecule has 2 atom stereocenters. The zero-order chi connectivity index (χ0) is 17.3. The van der Waals surface area contributed by atoms with Gasteiger partial charge in [-0.15, -0.1) is 0 Å². The van der Waals surface area contributed by atoms with Crippen LogP contribution in [0.2, 0.25) is 0 Å². The maximum Gasteiger partial charge on any atom is 0.232 e. The van der Waals surface area contributed by atoms with E-state index in [2.05, 4.69) is 11.8 Å². The molecule has 1 amide bonds. The average Bonchev–Trinajstić information content (AvgIpc) is 2.97. The highest BCUT2D eigenvalue weighted by Crippen LogP contribution is 2.30. The molecule has 0 radical (unpaired) electrons. The first-order chi connectivity index (χ1) is 11.4. The highest BCUT2D eigenvalue weighted by atomic mass is 19.1. The molecule has 2 fully saturated rings. The molecule has 4 nitrogen and oxygen atoms in total. The first-order valence-electron chi connectivity index (χ1n) is 8.77. The van der Waals surface area contributed by atoms with Crippen molar-refractivity contribution in [2.24, 2.45) is 5.92 Å². The van der Waals surface area contributed by atoms with Gasteiger partial charge in [0, 0.05) is 32.2 Å². The lowest BCUT2D eigenvalue weighted by Crippen LogP contribution is -2.48. The van der Waals surface area contributed by atoms with E-state index in [1.807, 2.05) is 18.7 Å². The van der Waals surface area contributed by atoms with Crippen LogP contribution in [-0.4, -0.2) is 61.1 Å². The Balaban J connectivity index is 1.71. The fourth-order valence-electron chi connectivity index (χ4n) is 3.89. The molecule has 132 valence electrons. The number of rotatable bonds is 3. The molecule has 1 aromatic carbocycles. The minimum absolute atomic E-state index is 0.122. The van der Waals surface area contributed by atoms with Crippen molar-refractivity contribution >= 4 is 5.91 Å². The van der Waals surface area contributed by atoms with E-state index in [-0.39, 0.29) is 11.7 Å². The SMILES string of the molecule is C[C@@H]1CN(C(=O)C(C)(C)c2ccc(F)cc2)C[C@H]1N1CCOCC1. The van der Waals surface area contributed by atoms with Gasteiger partial charge < -0.3 is 9.64 Å². The number of benzene rings is 1. The normalized spacial score (nSPS) is 25.9. The molecule has 3 rings (SSSR count). The van der Waals surface area contributed by atoms with E-state index in [1.165, 1.54) is 12.1 Å². The molecule has 2 heterocycles. The lowest BCUT2D eigenvalue weighted by molar-refractivity contribution is -0.135. The minimum Gasteiger partial charge on any atom is -0.379 e. The van der Waals surface area contributed by atoms with E-state index in [0.717, 1.165) is 45.0 Å². The number of amides is 1. The van der Waals surface area contributed by atoms with Gasteiger partial charge in [-0.25, -0.2) is 4.39 Å². The third-order valence-corrected chi connectivity index (χ3v) is 5.48. The monoisotopic (exact) mass is 334 g/mol. The van der Waals surface area contributed by atoms with Gasteiger partial charge >= 0.3 is 0 Å². The van der Waals surface area contributed by atoms with Gasteiger partial charge in [0.2, 0.25) is 5.91 Å². The van der Waals surface area contributed by atoms with Crippen molar-refractivity contribution in [1.29, 1.82) is 0 Å². The quantitative estimate of drug-likeness (QED) is 0.850. The fraction of sp³-hybridized carbons (Fsp3) is 0.632. The number of hydrogen-bond donors (Lipinski definition) is 0. The standard InChI is InChI=1S/C19H27FN2O2/c1-14-12-22(13-17(14)21-8-10-24-11-9-21)18(23)19(2,3)15-4-6-16(20)7-5-15/h4-7,14,17H,8-13H2,1-3H3/t14-,17-/m1/s1. The lowest BCUT2D eigenvalue weighted by Gasteiger charge is -2.34. The second-order valence-electron chi connectivity index (χ2n) is 7.54. The van der Waals surface area contributed by atoms with Crippen molar-refractivity contribution in [1.82, 2.24) is 9.80 Å². The van der Waals surface area contributed by atoms with Crippen molar-refractivity contribution in [3.8, 4) is 0 Å². The van der Waals surface area contributed by atoms with Gasteiger partial charge in [0.25, 0.3) is 0 Å². The summed E-state index contributed by atoms with van der Waals surface area (Å²) in [6, 6.07) is 6.68. The van der Waals surface area contributed by atoms with Gasteiger partial charge in [0.15, 0.2) is 0 Å². The van der Waals surface area contributed by atoms with E-state index in [9.17, 15) is 9.18 Å². The molecule has 0 spiro atoms. The number of halogens is 1. The van der Waals surface area contributed by atoms with Gasteiger partial charge in [-0.3, -0.25) is 9.69 Å². The predicted octanol–water partition coefficient (Wildman–Crippen LogP) is 2.28. The summed E-state index contributed by atoms with van der Waals surface area (Å²) in [4.78, 5) is 17.5. The summed E-state index contributed by atoms with van der Waals surface area (Å²) in [5.74, 6) is 0.303. The summed E-state index contributed by atoms with van der Waals surface area (Å²) in [6.07, 6.45) is 0. The Morgan fingerprint density at radius 2 is 1.79 bits per heavy atom. The maximum atomic E-state index is 13.2. The Bertz CT molecular complexity index is 582. The Hall–Kier alpha value is -1.46. The highest BCUT2D eigenvalue weighted by molar-refractivity contribution is 5.87. The molecule has 2 aliphatic heterocycles. The molecule has 1 aromatic rings. The van der Waals surface area contributed by atoms with E-state index in [0.29, 0.717) is 12.0 Å². The lowest BCUT2D eigenvalue weighted by atomic mass is 9.83. The summed E-state index contributed by atoms with van der Waals surface area (Å²) in [6.45, 7) is 11.1. The Labute approximate surface area is 143 Å². The molecule has 0 aromatic heterocycles. The number of nitrogens with zero attached hydrogens (tertiary/aromatic N) is 2. The number of likely N-dealkylation sites (tertiary alicyclic amines) is 1. The Kier molecular flexibility index (Phi) is 4.92. The third kappa shape index (κ3) is 3.33. The summed E-state index contributed by atoms with van der Waals surface area (Å²) < 4.78 is 18.6. The number of hydrogen-bond acceptors (Lipinski definition) is 3. The zero-order valence-corrected chi connectivity index (χ0v) is 14.8. The van der Waals surface area contributed by atoms with E-state index >= 15 is 0 Å². The Morgan fingerprint density at radius 3 is 2.42 bits per heavy atom. The van der Waals surface area contributed by atoms with Crippen molar-refractivity contribution in [3.63, 3.8) is 0 Å². The summed E-state index contributed by atoms with van der Waals surface area (Å²) >= 11 is 0. The molecule has 2 saturated heterocycles. The fourth-order valence-corrected chi connectivity index (χ4v) is 3.89. The smallest absolute Gasteiger partial charge is 0.232 e. The summed E-state index contributed by atoms with van der Waals surface area (Å²) in [5, 5.41) is 0. The van der Waals surface area contributed by atoms with E-state index in [4.69, 9.17) is 4.74 Å². The van der Waals surface area contributed by atoms with E-state index < -0.39 is 5.41 Å².